The predicted octanol–water partition coefficient (Wildman–Crippen LogP) is 3.65. The van der Waals surface area contributed by atoms with Crippen LogP contribution in [0.2, 0.25) is 10.0 Å². The van der Waals surface area contributed by atoms with Crippen LogP contribution in [0, 0.1) is 0 Å². The molecule has 0 radical (unpaired) electrons. The topological polar surface area (TPSA) is 117 Å². The highest BCUT2D eigenvalue weighted by Gasteiger charge is 2.23. The fourth-order valence-electron chi connectivity index (χ4n) is 3.25. The van der Waals surface area contributed by atoms with Crippen LogP contribution in [0.4, 0.5) is 5.69 Å². The summed E-state index contributed by atoms with van der Waals surface area (Å²) in [4.78, 5) is 24.3. The number of nitrogens with zero attached hydrogens (tertiary/aromatic N) is 2. The van der Waals surface area contributed by atoms with Gasteiger partial charge in [-0.3, -0.25) is 13.9 Å². The smallest absolute Gasteiger partial charge is 0.260 e. The van der Waals surface area contributed by atoms with Gasteiger partial charge in [-0.25, -0.2) is 13.8 Å². The summed E-state index contributed by atoms with van der Waals surface area (Å²) >= 11 is 12.1. The Kier molecular flexibility index (Phi) is 10.5. The number of anilines is 1. The molecule has 12 heteroatoms. The summed E-state index contributed by atoms with van der Waals surface area (Å²) in [7, 11) is -3.83. The van der Waals surface area contributed by atoms with E-state index in [0.29, 0.717) is 17.9 Å². The molecule has 2 N–H and O–H groups in total. The van der Waals surface area contributed by atoms with Crippen molar-refractivity contribution in [2.75, 3.05) is 30.3 Å². The van der Waals surface area contributed by atoms with E-state index in [-0.39, 0.29) is 28.2 Å². The summed E-state index contributed by atoms with van der Waals surface area (Å²) in [5.74, 6) is -0.413. The largest absolute Gasteiger partial charge is 0.484 e. The van der Waals surface area contributed by atoms with E-state index in [4.69, 9.17) is 27.9 Å². The lowest BCUT2D eigenvalue weighted by Crippen LogP contribution is -2.39. The molecule has 0 aromatic heterocycles. The maximum absolute atomic E-state index is 12.4. The van der Waals surface area contributed by atoms with Crippen molar-refractivity contribution >= 4 is 56.9 Å². The zero-order chi connectivity index (χ0) is 27.5. The van der Waals surface area contributed by atoms with Crippen LogP contribution in [0.25, 0.3) is 0 Å². The lowest BCUT2D eigenvalue weighted by atomic mass is 10.1. The van der Waals surface area contributed by atoms with Crippen molar-refractivity contribution in [2.45, 2.75) is 6.42 Å². The molecule has 0 fully saturated rings. The van der Waals surface area contributed by atoms with Gasteiger partial charge in [0.2, 0.25) is 10.0 Å². The first-order chi connectivity index (χ1) is 18.1. The third-order valence-electron chi connectivity index (χ3n) is 5.12. The SMILES string of the molecule is CS(=O)(=O)N(CC(=O)N/N=C\c1ccc(OCC(=O)NCCc2ccccc2)cc1)c1cccc(Cl)c1Cl. The van der Waals surface area contributed by atoms with Crippen LogP contribution in [0.15, 0.2) is 77.9 Å². The van der Waals surface area contributed by atoms with Gasteiger partial charge in [0.1, 0.15) is 12.3 Å². The zero-order valence-electron chi connectivity index (χ0n) is 20.4. The molecule has 0 saturated heterocycles. The monoisotopic (exact) mass is 576 g/mol. The predicted molar refractivity (Wildman–Crippen MR) is 149 cm³/mol. The Hall–Kier alpha value is -3.60. The van der Waals surface area contributed by atoms with Crippen LogP contribution in [0.3, 0.4) is 0 Å². The van der Waals surface area contributed by atoms with Crippen molar-refractivity contribution < 1.29 is 22.7 Å². The Bertz CT molecular complexity index is 1380. The third-order valence-corrected chi connectivity index (χ3v) is 7.05. The minimum absolute atomic E-state index is 0.0165. The summed E-state index contributed by atoms with van der Waals surface area (Å²) in [6.45, 7) is -0.149. The van der Waals surface area contributed by atoms with Gasteiger partial charge in [0, 0.05) is 6.54 Å². The van der Waals surface area contributed by atoms with E-state index in [1.54, 1.807) is 24.3 Å². The molecule has 0 aliphatic heterocycles. The van der Waals surface area contributed by atoms with E-state index in [2.05, 4.69) is 15.8 Å². The molecule has 0 spiro atoms. The quantitative estimate of drug-likeness (QED) is 0.252. The number of benzene rings is 3. The molecule has 0 aliphatic rings. The molecule has 0 heterocycles. The molecule has 0 atom stereocenters. The molecule has 0 unspecified atom stereocenters. The number of amides is 2. The zero-order valence-corrected chi connectivity index (χ0v) is 22.8. The highest BCUT2D eigenvalue weighted by molar-refractivity contribution is 7.92. The van der Waals surface area contributed by atoms with Gasteiger partial charge in [0.25, 0.3) is 11.8 Å². The average Bonchev–Trinajstić information content (AvgIpc) is 2.89. The number of hydrogen-bond acceptors (Lipinski definition) is 6. The van der Waals surface area contributed by atoms with Crippen molar-refractivity contribution in [3.8, 4) is 5.75 Å². The van der Waals surface area contributed by atoms with Crippen LogP contribution in [0.5, 0.6) is 5.75 Å². The molecule has 38 heavy (non-hydrogen) atoms. The van der Waals surface area contributed by atoms with E-state index in [1.807, 2.05) is 30.3 Å². The lowest BCUT2D eigenvalue weighted by molar-refractivity contribution is -0.123. The molecule has 0 saturated carbocycles. The molecule has 3 rings (SSSR count). The number of hydrazone groups is 1. The van der Waals surface area contributed by atoms with E-state index in [0.717, 1.165) is 22.5 Å². The first-order valence-electron chi connectivity index (χ1n) is 11.4. The van der Waals surface area contributed by atoms with Gasteiger partial charge in [0.15, 0.2) is 6.61 Å². The van der Waals surface area contributed by atoms with Gasteiger partial charge in [-0.15, -0.1) is 0 Å². The Morgan fingerprint density at radius 2 is 1.68 bits per heavy atom. The van der Waals surface area contributed by atoms with Crippen LogP contribution in [0.1, 0.15) is 11.1 Å². The van der Waals surface area contributed by atoms with Crippen molar-refractivity contribution in [3.63, 3.8) is 0 Å². The number of carbonyl (C=O) groups is 2. The first-order valence-corrected chi connectivity index (χ1v) is 14.0. The fraction of sp³-hybridized carbons (Fsp3) is 0.192. The molecular weight excluding hydrogens is 551 g/mol. The molecule has 3 aromatic carbocycles. The number of rotatable bonds is 12. The number of halogens is 2. The summed E-state index contributed by atoms with van der Waals surface area (Å²) < 4.78 is 30.8. The Labute approximate surface area is 231 Å². The van der Waals surface area contributed by atoms with Gasteiger partial charge in [-0.1, -0.05) is 59.6 Å². The van der Waals surface area contributed by atoms with E-state index in [1.165, 1.54) is 24.4 Å². The van der Waals surface area contributed by atoms with Crippen LogP contribution in [-0.2, 0) is 26.0 Å². The minimum Gasteiger partial charge on any atom is -0.484 e. The summed E-state index contributed by atoms with van der Waals surface area (Å²) in [5, 5.41) is 6.85. The lowest BCUT2D eigenvalue weighted by Gasteiger charge is -2.22. The first kappa shape index (κ1) is 29.0. The standard InChI is InChI=1S/C26H26Cl2N4O5S/c1-38(35,36)32(23-9-5-8-22(27)26(23)28)17-24(33)31-30-16-20-10-12-21(13-11-20)37-18-25(34)29-15-14-19-6-3-2-4-7-19/h2-13,16H,14-15,17-18H2,1H3,(H,29,34)(H,31,33)/b30-16-. The molecule has 0 aliphatic carbocycles. The Morgan fingerprint density at radius 3 is 2.37 bits per heavy atom. The molecule has 2 amide bonds. The number of sulfonamides is 1. The molecular formula is C26H26Cl2N4O5S. The summed E-state index contributed by atoms with van der Waals surface area (Å²) in [6, 6.07) is 21.0. The number of hydrogen-bond donors (Lipinski definition) is 2. The molecule has 3 aromatic rings. The molecule has 9 nitrogen and oxygen atoms in total. The van der Waals surface area contributed by atoms with Crippen LogP contribution >= 0.6 is 23.2 Å². The van der Waals surface area contributed by atoms with Gasteiger partial charge >= 0.3 is 0 Å². The number of carbonyl (C=O) groups excluding carboxylic acids is 2. The Morgan fingerprint density at radius 1 is 0.974 bits per heavy atom. The highest BCUT2D eigenvalue weighted by Crippen LogP contribution is 2.33. The van der Waals surface area contributed by atoms with Crippen molar-refractivity contribution in [2.24, 2.45) is 5.10 Å². The van der Waals surface area contributed by atoms with E-state index < -0.39 is 22.5 Å². The normalized spacial score (nSPS) is 11.2. The second-order valence-corrected chi connectivity index (χ2v) is 10.8. The molecule has 200 valence electrons. The summed E-state index contributed by atoms with van der Waals surface area (Å²) in [6.07, 6.45) is 3.08. The Balaban J connectivity index is 1.46. The maximum atomic E-state index is 12.4. The van der Waals surface area contributed by atoms with Gasteiger partial charge in [-0.2, -0.15) is 5.10 Å². The third kappa shape index (κ3) is 9.05. The van der Waals surface area contributed by atoms with Crippen LogP contribution in [-0.4, -0.2) is 52.4 Å². The van der Waals surface area contributed by atoms with Crippen molar-refractivity contribution in [3.05, 3.63) is 94.0 Å². The van der Waals surface area contributed by atoms with Crippen molar-refractivity contribution in [1.82, 2.24) is 10.7 Å². The highest BCUT2D eigenvalue weighted by atomic mass is 35.5. The van der Waals surface area contributed by atoms with Crippen LogP contribution < -0.4 is 19.8 Å². The average molecular weight is 577 g/mol. The number of ether oxygens (including phenoxy) is 1. The van der Waals surface area contributed by atoms with Crippen molar-refractivity contribution in [1.29, 1.82) is 0 Å². The van der Waals surface area contributed by atoms with Gasteiger partial charge in [-0.05, 0) is 53.9 Å². The van der Waals surface area contributed by atoms with E-state index >= 15 is 0 Å². The van der Waals surface area contributed by atoms with Gasteiger partial charge < -0.3 is 10.1 Å². The fourth-order valence-corrected chi connectivity index (χ4v) is 4.56. The minimum atomic E-state index is -3.83. The molecule has 0 bridgehead atoms. The summed E-state index contributed by atoms with van der Waals surface area (Å²) in [5.41, 5.74) is 4.15. The second kappa shape index (κ2) is 13.8. The van der Waals surface area contributed by atoms with E-state index in [9.17, 15) is 18.0 Å². The van der Waals surface area contributed by atoms with Gasteiger partial charge in [0.05, 0.1) is 28.2 Å². The maximum Gasteiger partial charge on any atom is 0.260 e. The number of nitrogens with one attached hydrogen (secondary N) is 2. The second-order valence-electron chi connectivity index (χ2n) is 8.08.